The number of benzene rings is 1. The van der Waals surface area contributed by atoms with Crippen molar-refractivity contribution in [2.45, 2.75) is 32.0 Å². The van der Waals surface area contributed by atoms with Crippen molar-refractivity contribution in [2.24, 2.45) is 7.05 Å². The minimum atomic E-state index is -0.294. The van der Waals surface area contributed by atoms with Gasteiger partial charge in [-0.25, -0.2) is 4.98 Å². The highest BCUT2D eigenvalue weighted by Crippen LogP contribution is 2.22. The number of carbonyl (C=O) groups is 2. The average molecular weight is 373 g/mol. The van der Waals surface area contributed by atoms with Crippen LogP contribution >= 0.6 is 0 Å². The van der Waals surface area contributed by atoms with E-state index in [1.165, 1.54) is 7.11 Å². The zero-order chi connectivity index (χ0) is 19.4. The van der Waals surface area contributed by atoms with E-state index in [0.717, 1.165) is 16.9 Å². The van der Waals surface area contributed by atoms with Gasteiger partial charge in [0.05, 0.1) is 23.6 Å². The number of hydrogen-bond donors (Lipinski definition) is 2. The smallest absolute Gasteiger partial charge is 0.246 e. The third kappa shape index (κ3) is 4.28. The maximum Gasteiger partial charge on any atom is 0.246 e. The molecule has 2 amide bonds. The fourth-order valence-corrected chi connectivity index (χ4v) is 3.67. The van der Waals surface area contributed by atoms with Crippen LogP contribution in [0.2, 0.25) is 0 Å². The van der Waals surface area contributed by atoms with Gasteiger partial charge in [-0.2, -0.15) is 0 Å². The van der Waals surface area contributed by atoms with Crippen LogP contribution in [-0.2, 0) is 27.9 Å². The van der Waals surface area contributed by atoms with Crippen molar-refractivity contribution in [1.29, 1.82) is 0 Å². The van der Waals surface area contributed by atoms with Crippen LogP contribution in [-0.4, -0.2) is 65.2 Å². The maximum absolute atomic E-state index is 12.5. The molecule has 146 valence electrons. The number of ether oxygens (including phenoxy) is 1. The Bertz CT molecular complexity index is 819. The second kappa shape index (κ2) is 8.49. The molecule has 1 saturated heterocycles. The van der Waals surface area contributed by atoms with Crippen molar-refractivity contribution in [3.05, 3.63) is 30.1 Å². The van der Waals surface area contributed by atoms with Gasteiger partial charge in [-0.3, -0.25) is 14.5 Å². The normalized spacial score (nSPS) is 20.1. The number of carbonyl (C=O) groups excluding carboxylic acids is 2. The summed E-state index contributed by atoms with van der Waals surface area (Å²) in [6.45, 7) is 3.65. The van der Waals surface area contributed by atoms with Crippen molar-refractivity contribution in [3.8, 4) is 0 Å². The number of nitrogens with one attached hydrogen (secondary N) is 2. The Morgan fingerprint density at radius 1 is 1.33 bits per heavy atom. The van der Waals surface area contributed by atoms with E-state index in [9.17, 15) is 9.59 Å². The molecule has 2 heterocycles. The summed E-state index contributed by atoms with van der Waals surface area (Å²) in [5.74, 6) is 0.718. The Hall–Kier alpha value is -2.45. The molecule has 3 rings (SSSR count). The highest BCUT2D eigenvalue weighted by molar-refractivity contribution is 5.83. The number of imidazole rings is 1. The zero-order valence-electron chi connectivity index (χ0n) is 16.1. The first kappa shape index (κ1) is 19.3. The Balaban J connectivity index is 1.78. The first-order chi connectivity index (χ1) is 13.0. The molecule has 27 heavy (non-hydrogen) atoms. The minimum absolute atomic E-state index is 0.0141. The van der Waals surface area contributed by atoms with Crippen molar-refractivity contribution in [2.75, 3.05) is 26.8 Å². The Morgan fingerprint density at radius 2 is 2.11 bits per heavy atom. The van der Waals surface area contributed by atoms with Gasteiger partial charge in [0.1, 0.15) is 12.4 Å². The Morgan fingerprint density at radius 3 is 2.81 bits per heavy atom. The quantitative estimate of drug-likeness (QED) is 0.734. The molecule has 0 unspecified atom stereocenters. The molecule has 1 aliphatic rings. The number of fused-ring (bicyclic) bond motifs is 1. The minimum Gasteiger partial charge on any atom is -0.375 e. The van der Waals surface area contributed by atoms with Crippen LogP contribution in [0.3, 0.4) is 0 Å². The van der Waals surface area contributed by atoms with Crippen LogP contribution < -0.4 is 10.6 Å². The number of hydrogen-bond acceptors (Lipinski definition) is 5. The number of likely N-dealkylation sites (N-methyl/N-ethyl adjacent to an activating group) is 1. The van der Waals surface area contributed by atoms with Crippen LogP contribution in [0.25, 0.3) is 11.0 Å². The van der Waals surface area contributed by atoms with Gasteiger partial charge >= 0.3 is 0 Å². The second-order valence-corrected chi connectivity index (χ2v) is 6.85. The summed E-state index contributed by atoms with van der Waals surface area (Å²) in [5.41, 5.74) is 2.00. The van der Waals surface area contributed by atoms with Gasteiger partial charge in [-0.1, -0.05) is 12.1 Å². The summed E-state index contributed by atoms with van der Waals surface area (Å²) in [6.07, 6.45) is 0.575. The molecular formula is C19H27N5O3. The molecule has 0 radical (unpaired) electrons. The third-order valence-corrected chi connectivity index (χ3v) is 4.92. The van der Waals surface area contributed by atoms with Crippen molar-refractivity contribution in [3.63, 3.8) is 0 Å². The molecule has 8 nitrogen and oxygen atoms in total. The lowest BCUT2D eigenvalue weighted by Crippen LogP contribution is -2.43. The molecule has 0 saturated carbocycles. The van der Waals surface area contributed by atoms with E-state index < -0.39 is 0 Å². The van der Waals surface area contributed by atoms with Crippen LogP contribution in [0, 0.1) is 0 Å². The molecule has 2 aromatic rings. The van der Waals surface area contributed by atoms with Crippen LogP contribution in [0.5, 0.6) is 0 Å². The number of methoxy groups -OCH3 is 1. The second-order valence-electron chi connectivity index (χ2n) is 6.85. The molecule has 8 heteroatoms. The Kier molecular flexibility index (Phi) is 6.08. The number of aryl methyl sites for hydroxylation is 1. The van der Waals surface area contributed by atoms with E-state index in [-0.39, 0.29) is 30.5 Å². The molecular weight excluding hydrogens is 346 g/mol. The molecule has 0 bridgehead atoms. The van der Waals surface area contributed by atoms with Crippen molar-refractivity contribution in [1.82, 2.24) is 25.1 Å². The van der Waals surface area contributed by atoms with E-state index >= 15 is 0 Å². The van der Waals surface area contributed by atoms with Gasteiger partial charge in [0.2, 0.25) is 11.8 Å². The highest BCUT2D eigenvalue weighted by Gasteiger charge is 2.37. The first-order valence-electron chi connectivity index (χ1n) is 9.23. The lowest BCUT2D eigenvalue weighted by molar-refractivity contribution is -0.126. The van der Waals surface area contributed by atoms with E-state index in [1.807, 2.05) is 38.2 Å². The summed E-state index contributed by atoms with van der Waals surface area (Å²) in [6, 6.07) is 7.59. The van der Waals surface area contributed by atoms with E-state index in [4.69, 9.17) is 9.72 Å². The monoisotopic (exact) mass is 373 g/mol. The first-order valence-corrected chi connectivity index (χ1v) is 9.23. The summed E-state index contributed by atoms with van der Waals surface area (Å²) in [5, 5.41) is 5.85. The lowest BCUT2D eigenvalue weighted by atomic mass is 10.1. The highest BCUT2D eigenvalue weighted by atomic mass is 16.5. The molecule has 0 aliphatic carbocycles. The lowest BCUT2D eigenvalue weighted by Gasteiger charge is -2.22. The summed E-state index contributed by atoms with van der Waals surface area (Å²) < 4.78 is 6.94. The maximum atomic E-state index is 12.5. The third-order valence-electron chi connectivity index (χ3n) is 4.92. The van der Waals surface area contributed by atoms with Gasteiger partial charge in [-0.15, -0.1) is 0 Å². The van der Waals surface area contributed by atoms with E-state index in [0.29, 0.717) is 26.1 Å². The predicted octanol–water partition coefficient (Wildman–Crippen LogP) is 0.415. The van der Waals surface area contributed by atoms with Crippen LogP contribution in [0.4, 0.5) is 0 Å². The van der Waals surface area contributed by atoms with Gasteiger partial charge in [-0.05, 0) is 25.5 Å². The SMILES string of the molecule is CCNC(=O)[C@@H]1C[C@H](NC(=O)COC)CN1Cc1nc2ccccc2n1C. The number of nitrogens with zero attached hydrogens (tertiary/aromatic N) is 3. The number of likely N-dealkylation sites (tertiary alicyclic amines) is 1. The number of amides is 2. The number of para-hydroxylation sites is 2. The topological polar surface area (TPSA) is 88.5 Å². The molecule has 2 N–H and O–H groups in total. The fourth-order valence-electron chi connectivity index (χ4n) is 3.67. The standard InChI is InChI=1S/C19H27N5O3/c1-4-20-19(26)16-9-13(21-18(25)12-27-3)10-24(16)11-17-22-14-7-5-6-8-15(14)23(17)2/h5-8,13,16H,4,9-12H2,1-3H3,(H,20,26)(H,21,25)/t13-,16-/m0/s1. The Labute approximate surface area is 158 Å². The van der Waals surface area contributed by atoms with Crippen molar-refractivity contribution >= 4 is 22.8 Å². The fraction of sp³-hybridized carbons (Fsp3) is 0.526. The van der Waals surface area contributed by atoms with Gasteiger partial charge in [0.25, 0.3) is 0 Å². The number of rotatable bonds is 7. The summed E-state index contributed by atoms with van der Waals surface area (Å²) >= 11 is 0. The van der Waals surface area contributed by atoms with Crippen LogP contribution in [0.15, 0.2) is 24.3 Å². The van der Waals surface area contributed by atoms with Crippen molar-refractivity contribution < 1.29 is 14.3 Å². The predicted molar refractivity (Wildman–Crippen MR) is 102 cm³/mol. The average Bonchev–Trinajstić information content (AvgIpc) is 3.17. The van der Waals surface area contributed by atoms with Gasteiger partial charge in [0.15, 0.2) is 0 Å². The zero-order valence-corrected chi connectivity index (χ0v) is 16.1. The molecule has 1 fully saturated rings. The van der Waals surface area contributed by atoms with E-state index in [1.54, 1.807) is 0 Å². The summed E-state index contributed by atoms with van der Waals surface area (Å²) in [4.78, 5) is 31.2. The largest absolute Gasteiger partial charge is 0.375 e. The van der Waals surface area contributed by atoms with Gasteiger partial charge < -0.3 is 19.9 Å². The summed E-state index contributed by atoms with van der Waals surface area (Å²) in [7, 11) is 3.48. The van der Waals surface area contributed by atoms with E-state index in [2.05, 4.69) is 20.1 Å². The molecule has 1 aromatic carbocycles. The molecule has 2 atom stereocenters. The number of aromatic nitrogens is 2. The molecule has 0 spiro atoms. The van der Waals surface area contributed by atoms with Crippen LogP contribution in [0.1, 0.15) is 19.2 Å². The molecule has 1 aliphatic heterocycles. The van der Waals surface area contributed by atoms with Gasteiger partial charge in [0, 0.05) is 33.3 Å². The molecule has 1 aromatic heterocycles.